The fourth-order valence-corrected chi connectivity index (χ4v) is 2.91. The maximum Gasteiger partial charge on any atom is 0.508 e. The Morgan fingerprint density at radius 1 is 0.591 bits per heavy atom. The van der Waals surface area contributed by atoms with Crippen molar-refractivity contribution in [3.63, 3.8) is 0 Å². The lowest BCUT2D eigenvalue weighted by molar-refractivity contribution is -0.282. The number of hydrogen-bond acceptors (Lipinski definition) is 14. The molecule has 14 nitrogen and oxygen atoms in total. The van der Waals surface area contributed by atoms with E-state index in [4.69, 9.17) is 39.7 Å². The maximum atomic E-state index is 11.1. The zero-order valence-electron chi connectivity index (χ0n) is 26.5. The normalized spacial score (nSPS) is 10.6. The fraction of sp³-hybridized carbons (Fsp3) is 0.900. The summed E-state index contributed by atoms with van der Waals surface area (Å²) in [5.74, 6) is -0.554. The Morgan fingerprint density at radius 3 is 1.55 bits per heavy atom. The third-order valence-corrected chi connectivity index (χ3v) is 5.17. The SMILES string of the molecule is C.CC(COCCO)OO.CCCCCCOC(=O)OCCCCCCOO.CCCOC(=O)CCCCC(=O)OCCO. The second kappa shape index (κ2) is 43.1. The van der Waals surface area contributed by atoms with Crippen LogP contribution in [0.2, 0.25) is 0 Å². The summed E-state index contributed by atoms with van der Waals surface area (Å²) in [4.78, 5) is 41.0. The van der Waals surface area contributed by atoms with E-state index in [0.717, 1.165) is 44.9 Å². The van der Waals surface area contributed by atoms with Crippen molar-refractivity contribution in [3.8, 4) is 0 Å². The number of unbranched alkanes of at least 4 members (excludes halogenated alkanes) is 7. The summed E-state index contributed by atoms with van der Waals surface area (Å²) < 4.78 is 24.2. The molecular formula is C30H62O14. The molecule has 0 saturated heterocycles. The van der Waals surface area contributed by atoms with E-state index in [-0.39, 0.29) is 58.3 Å². The number of esters is 2. The molecule has 4 N–H and O–H groups in total. The van der Waals surface area contributed by atoms with Crippen LogP contribution in [0.5, 0.6) is 0 Å². The molecule has 0 aliphatic heterocycles. The summed E-state index contributed by atoms with van der Waals surface area (Å²) in [5.41, 5.74) is 0. The fourth-order valence-electron chi connectivity index (χ4n) is 2.91. The summed E-state index contributed by atoms with van der Waals surface area (Å²) >= 11 is 0. The minimum Gasteiger partial charge on any atom is -0.466 e. The standard InChI is InChI=1S/C13H26O5.C11H20O5.C5H12O4.CH4/c1-2-3-4-7-10-16-13(14)17-11-8-5-6-9-12-18-15;1-2-8-15-10(13)5-3-4-6-11(14)16-9-7-12;1-5(9-7)4-8-3-2-6;/h15H,2-12H2,1H3;12H,2-9H2,1H3;5-7H,2-4H2,1H3;1H4. The van der Waals surface area contributed by atoms with Crippen molar-refractivity contribution >= 4 is 18.1 Å². The van der Waals surface area contributed by atoms with Gasteiger partial charge in [-0.25, -0.2) is 14.6 Å². The van der Waals surface area contributed by atoms with Crippen molar-refractivity contribution in [1.82, 2.24) is 0 Å². The van der Waals surface area contributed by atoms with Crippen molar-refractivity contribution in [1.29, 1.82) is 0 Å². The predicted molar refractivity (Wildman–Crippen MR) is 164 cm³/mol. The molecule has 1 atom stereocenters. The molecule has 0 saturated carbocycles. The van der Waals surface area contributed by atoms with Gasteiger partial charge in [0, 0.05) is 12.8 Å². The number of carbonyl (C=O) groups excluding carboxylic acids is 3. The first kappa shape index (κ1) is 48.8. The molecule has 0 aromatic rings. The van der Waals surface area contributed by atoms with E-state index >= 15 is 0 Å². The van der Waals surface area contributed by atoms with Crippen LogP contribution in [0.25, 0.3) is 0 Å². The van der Waals surface area contributed by atoms with Crippen molar-refractivity contribution in [2.75, 3.05) is 59.5 Å². The predicted octanol–water partition coefficient (Wildman–Crippen LogP) is 5.31. The van der Waals surface area contributed by atoms with E-state index in [2.05, 4.69) is 21.4 Å². The largest absolute Gasteiger partial charge is 0.508 e. The van der Waals surface area contributed by atoms with Crippen molar-refractivity contribution < 1.29 is 68.6 Å². The first-order chi connectivity index (χ1) is 20.8. The van der Waals surface area contributed by atoms with Crippen LogP contribution in [-0.4, -0.2) is 104 Å². The van der Waals surface area contributed by atoms with Crippen LogP contribution in [0.1, 0.15) is 112 Å². The van der Waals surface area contributed by atoms with Crippen molar-refractivity contribution in [3.05, 3.63) is 0 Å². The molecule has 0 aromatic carbocycles. The van der Waals surface area contributed by atoms with Crippen LogP contribution in [0, 0.1) is 0 Å². The van der Waals surface area contributed by atoms with Crippen LogP contribution < -0.4 is 0 Å². The molecule has 0 spiro atoms. The lowest BCUT2D eigenvalue weighted by Gasteiger charge is -2.06. The van der Waals surface area contributed by atoms with Crippen LogP contribution in [-0.2, 0) is 43.0 Å². The third kappa shape index (κ3) is 46.9. The van der Waals surface area contributed by atoms with Crippen LogP contribution in [0.3, 0.4) is 0 Å². The van der Waals surface area contributed by atoms with E-state index in [1.165, 1.54) is 12.8 Å². The van der Waals surface area contributed by atoms with Gasteiger partial charge in [0.15, 0.2) is 0 Å². The Balaban J connectivity index is -0.000000284. The molecule has 0 bridgehead atoms. The maximum absolute atomic E-state index is 11.1. The second-order valence-corrected chi connectivity index (χ2v) is 9.34. The van der Waals surface area contributed by atoms with Gasteiger partial charge in [0.05, 0.1) is 52.9 Å². The monoisotopic (exact) mass is 646 g/mol. The Labute approximate surface area is 264 Å². The molecule has 0 aliphatic carbocycles. The molecule has 0 heterocycles. The molecule has 1 unspecified atom stereocenters. The first-order valence-electron chi connectivity index (χ1n) is 15.3. The number of ether oxygens (including phenoxy) is 5. The van der Waals surface area contributed by atoms with Crippen molar-refractivity contribution in [2.45, 2.75) is 118 Å². The van der Waals surface area contributed by atoms with Gasteiger partial charge >= 0.3 is 18.1 Å². The first-order valence-corrected chi connectivity index (χ1v) is 15.3. The Hall–Kier alpha value is -2.07. The molecular weight excluding hydrogens is 584 g/mol. The van der Waals surface area contributed by atoms with Crippen LogP contribution in [0.15, 0.2) is 0 Å². The summed E-state index contributed by atoms with van der Waals surface area (Å²) in [6.45, 7) is 7.87. The van der Waals surface area contributed by atoms with Gasteiger partial charge in [-0.1, -0.05) is 47.0 Å². The van der Waals surface area contributed by atoms with Gasteiger partial charge in [0.25, 0.3) is 0 Å². The van der Waals surface area contributed by atoms with Crippen LogP contribution >= 0.6 is 0 Å². The van der Waals surface area contributed by atoms with Gasteiger partial charge in [-0.15, -0.1) is 0 Å². The highest BCUT2D eigenvalue weighted by Crippen LogP contribution is 2.04. The highest BCUT2D eigenvalue weighted by atomic mass is 17.1. The zero-order chi connectivity index (χ0) is 32.8. The highest BCUT2D eigenvalue weighted by Gasteiger charge is 2.05. The molecule has 0 fully saturated rings. The molecule has 0 radical (unpaired) electrons. The lowest BCUT2D eigenvalue weighted by Crippen LogP contribution is -2.15. The quantitative estimate of drug-likeness (QED) is 0.0310. The van der Waals surface area contributed by atoms with Gasteiger partial charge in [-0.3, -0.25) is 20.1 Å². The number of carbonyl (C=O) groups is 3. The summed E-state index contributed by atoms with van der Waals surface area (Å²) in [5, 5.41) is 32.7. The number of aliphatic hydroxyl groups excluding tert-OH is 2. The summed E-state index contributed by atoms with van der Waals surface area (Å²) in [6.07, 6.45) is 9.66. The Morgan fingerprint density at radius 2 is 1.09 bits per heavy atom. The Bertz CT molecular complexity index is 570. The smallest absolute Gasteiger partial charge is 0.466 e. The molecule has 0 amide bonds. The molecule has 14 heteroatoms. The van der Waals surface area contributed by atoms with Gasteiger partial charge in [-0.05, 0) is 51.9 Å². The number of aliphatic hydroxyl groups is 2. The summed E-state index contributed by atoms with van der Waals surface area (Å²) in [7, 11) is 0. The van der Waals surface area contributed by atoms with E-state index in [1.807, 2.05) is 6.92 Å². The summed E-state index contributed by atoms with van der Waals surface area (Å²) in [6, 6.07) is 0. The van der Waals surface area contributed by atoms with Gasteiger partial charge in [0.2, 0.25) is 0 Å². The van der Waals surface area contributed by atoms with E-state index < -0.39 is 6.16 Å². The average Bonchev–Trinajstić information content (AvgIpc) is 3.01. The average molecular weight is 647 g/mol. The number of rotatable bonds is 26. The molecule has 0 aliphatic rings. The van der Waals surface area contributed by atoms with Crippen LogP contribution in [0.4, 0.5) is 4.79 Å². The lowest BCUT2D eigenvalue weighted by atomic mass is 10.2. The van der Waals surface area contributed by atoms with Crippen molar-refractivity contribution in [2.24, 2.45) is 0 Å². The third-order valence-electron chi connectivity index (χ3n) is 5.17. The van der Waals surface area contributed by atoms with E-state index in [9.17, 15) is 14.4 Å². The van der Waals surface area contributed by atoms with E-state index in [0.29, 0.717) is 52.3 Å². The van der Waals surface area contributed by atoms with E-state index in [1.54, 1.807) is 6.92 Å². The number of hydrogen-bond donors (Lipinski definition) is 4. The minimum atomic E-state index is -0.565. The molecule has 0 aromatic heterocycles. The zero-order valence-corrected chi connectivity index (χ0v) is 26.5. The van der Waals surface area contributed by atoms with Gasteiger partial charge < -0.3 is 33.9 Å². The topological polar surface area (TPSA) is 197 Å². The molecule has 44 heavy (non-hydrogen) atoms. The highest BCUT2D eigenvalue weighted by molar-refractivity contribution is 5.70. The van der Waals surface area contributed by atoms with Gasteiger partial charge in [-0.2, -0.15) is 0 Å². The van der Waals surface area contributed by atoms with Gasteiger partial charge in [0.1, 0.15) is 12.7 Å². The second-order valence-electron chi connectivity index (χ2n) is 9.34. The Kier molecular flexibility index (Phi) is 47.8. The molecule has 266 valence electrons. The molecule has 0 rings (SSSR count). The minimum absolute atomic E-state index is 0.